The molecule has 0 bridgehead atoms. The lowest BCUT2D eigenvalue weighted by Gasteiger charge is -2.11. The summed E-state index contributed by atoms with van der Waals surface area (Å²) in [6.45, 7) is 3.87. The molecule has 6 nitrogen and oxygen atoms in total. The van der Waals surface area contributed by atoms with E-state index in [0.717, 1.165) is 32.5 Å². The molecular formula is C24H20Br2N4O2. The lowest BCUT2D eigenvalue weighted by Crippen LogP contribution is -2.24. The van der Waals surface area contributed by atoms with Crippen molar-refractivity contribution in [2.75, 3.05) is 6.61 Å². The van der Waals surface area contributed by atoms with Gasteiger partial charge in [-0.1, -0.05) is 40.2 Å². The Labute approximate surface area is 202 Å². The van der Waals surface area contributed by atoms with Crippen LogP contribution in [-0.4, -0.2) is 28.3 Å². The summed E-state index contributed by atoms with van der Waals surface area (Å²) in [6, 6.07) is 17.8. The number of fused-ring (bicyclic) bond motifs is 1. The second kappa shape index (κ2) is 9.67. The van der Waals surface area contributed by atoms with Gasteiger partial charge in [-0.15, -0.1) is 0 Å². The van der Waals surface area contributed by atoms with Gasteiger partial charge in [0.15, 0.2) is 12.4 Å². The maximum atomic E-state index is 12.3. The zero-order valence-electron chi connectivity index (χ0n) is 17.5. The third kappa shape index (κ3) is 4.61. The number of nitrogens with zero attached hydrogens (tertiary/aromatic N) is 3. The summed E-state index contributed by atoms with van der Waals surface area (Å²) in [6.07, 6.45) is 3.33. The molecule has 2 heterocycles. The molecule has 0 fully saturated rings. The van der Waals surface area contributed by atoms with Crippen molar-refractivity contribution in [3.05, 3.63) is 86.7 Å². The molecular weight excluding hydrogens is 536 g/mol. The predicted octanol–water partition coefficient (Wildman–Crippen LogP) is 5.70. The van der Waals surface area contributed by atoms with Gasteiger partial charge >= 0.3 is 0 Å². The molecule has 4 aromatic rings. The standard InChI is InChI=1S/C24H20Br2N4O2/c1-15-11-17(16(2)30(15)18-7-4-3-5-8-18)13-28-29-22(31)14-32-24-21(26)12-20(25)19-9-6-10-27-23(19)24/h3-13H,14H2,1-2H3,(H,29,31)/b28-13+. The van der Waals surface area contributed by atoms with E-state index in [-0.39, 0.29) is 12.5 Å². The lowest BCUT2D eigenvalue weighted by molar-refractivity contribution is -0.123. The monoisotopic (exact) mass is 554 g/mol. The summed E-state index contributed by atoms with van der Waals surface area (Å²) >= 11 is 7.00. The van der Waals surface area contributed by atoms with E-state index in [9.17, 15) is 4.79 Å². The second-order valence-corrected chi connectivity index (χ2v) is 8.86. The van der Waals surface area contributed by atoms with Crippen LogP contribution in [0.2, 0.25) is 0 Å². The maximum absolute atomic E-state index is 12.3. The van der Waals surface area contributed by atoms with E-state index in [2.05, 4.69) is 64.1 Å². The largest absolute Gasteiger partial charge is 0.480 e. The van der Waals surface area contributed by atoms with Crippen LogP contribution in [0.25, 0.3) is 16.6 Å². The highest BCUT2D eigenvalue weighted by molar-refractivity contribution is 9.11. The number of carbonyl (C=O) groups excluding carboxylic acids is 1. The van der Waals surface area contributed by atoms with Gasteiger partial charge in [-0.25, -0.2) is 5.43 Å². The molecule has 0 aliphatic carbocycles. The molecule has 1 amide bonds. The normalized spacial score (nSPS) is 11.2. The number of halogens is 2. The van der Waals surface area contributed by atoms with E-state index < -0.39 is 0 Å². The Morgan fingerprint density at radius 2 is 1.91 bits per heavy atom. The number of hydrogen-bond acceptors (Lipinski definition) is 4. The zero-order valence-corrected chi connectivity index (χ0v) is 20.6. The number of ether oxygens (including phenoxy) is 1. The fourth-order valence-corrected chi connectivity index (χ4v) is 4.91. The number of para-hydroxylation sites is 1. The van der Waals surface area contributed by atoms with Crippen LogP contribution in [0.1, 0.15) is 17.0 Å². The van der Waals surface area contributed by atoms with Crippen LogP contribution < -0.4 is 10.2 Å². The number of hydrazone groups is 1. The van der Waals surface area contributed by atoms with Gasteiger partial charge in [-0.2, -0.15) is 5.10 Å². The average molecular weight is 556 g/mol. The number of pyridine rings is 1. The number of nitrogens with one attached hydrogen (secondary N) is 1. The first-order valence-electron chi connectivity index (χ1n) is 9.87. The zero-order chi connectivity index (χ0) is 22.7. The molecule has 0 unspecified atom stereocenters. The van der Waals surface area contributed by atoms with E-state index >= 15 is 0 Å². The van der Waals surface area contributed by atoms with Crippen molar-refractivity contribution in [2.45, 2.75) is 13.8 Å². The first-order chi connectivity index (χ1) is 15.5. The summed E-state index contributed by atoms with van der Waals surface area (Å²) in [5, 5.41) is 5.01. The van der Waals surface area contributed by atoms with Crippen LogP contribution in [-0.2, 0) is 4.79 Å². The molecule has 162 valence electrons. The summed E-state index contributed by atoms with van der Waals surface area (Å²) in [7, 11) is 0. The van der Waals surface area contributed by atoms with Crippen LogP contribution in [0, 0.1) is 13.8 Å². The molecule has 0 spiro atoms. The maximum Gasteiger partial charge on any atom is 0.277 e. The van der Waals surface area contributed by atoms with Crippen molar-refractivity contribution in [2.24, 2.45) is 5.10 Å². The van der Waals surface area contributed by atoms with Gasteiger partial charge < -0.3 is 9.30 Å². The summed E-state index contributed by atoms with van der Waals surface area (Å²) < 4.78 is 9.50. The first-order valence-corrected chi connectivity index (χ1v) is 11.5. The lowest BCUT2D eigenvalue weighted by atomic mass is 10.2. The van der Waals surface area contributed by atoms with Crippen molar-refractivity contribution in [1.29, 1.82) is 0 Å². The highest BCUT2D eigenvalue weighted by Gasteiger charge is 2.14. The number of aryl methyl sites for hydroxylation is 1. The van der Waals surface area contributed by atoms with E-state index in [1.165, 1.54) is 0 Å². The predicted molar refractivity (Wildman–Crippen MR) is 134 cm³/mol. The SMILES string of the molecule is Cc1cc(/C=N/NC(=O)COc2c(Br)cc(Br)c3cccnc23)c(C)n1-c1ccccc1. The van der Waals surface area contributed by atoms with Crippen LogP contribution >= 0.6 is 31.9 Å². The van der Waals surface area contributed by atoms with Crippen LogP contribution in [0.5, 0.6) is 5.75 Å². The molecule has 0 aliphatic rings. The molecule has 2 aromatic carbocycles. The van der Waals surface area contributed by atoms with Gasteiger partial charge in [0.2, 0.25) is 0 Å². The minimum atomic E-state index is -0.364. The third-order valence-electron chi connectivity index (χ3n) is 4.98. The summed E-state index contributed by atoms with van der Waals surface area (Å²) in [5.41, 5.74) is 7.33. The second-order valence-electron chi connectivity index (χ2n) is 7.15. The number of aromatic nitrogens is 2. The van der Waals surface area contributed by atoms with Crippen LogP contribution in [0.4, 0.5) is 0 Å². The van der Waals surface area contributed by atoms with Gasteiger partial charge in [-0.3, -0.25) is 9.78 Å². The Hall–Kier alpha value is -2.97. The highest BCUT2D eigenvalue weighted by Crippen LogP contribution is 2.37. The molecule has 0 radical (unpaired) electrons. The number of amides is 1. The quantitative estimate of drug-likeness (QED) is 0.245. The molecule has 32 heavy (non-hydrogen) atoms. The van der Waals surface area contributed by atoms with Crippen molar-refractivity contribution in [3.63, 3.8) is 0 Å². The van der Waals surface area contributed by atoms with E-state index in [0.29, 0.717) is 15.7 Å². The summed E-state index contributed by atoms with van der Waals surface area (Å²) in [5.74, 6) is 0.145. The molecule has 2 aromatic heterocycles. The summed E-state index contributed by atoms with van der Waals surface area (Å²) in [4.78, 5) is 16.7. The highest BCUT2D eigenvalue weighted by atomic mass is 79.9. The van der Waals surface area contributed by atoms with Crippen molar-refractivity contribution in [1.82, 2.24) is 15.0 Å². The minimum Gasteiger partial charge on any atom is -0.480 e. The number of benzene rings is 2. The van der Waals surface area contributed by atoms with Crippen LogP contribution in [0.15, 0.2) is 74.8 Å². The molecule has 0 saturated heterocycles. The topological polar surface area (TPSA) is 68.5 Å². The van der Waals surface area contributed by atoms with Crippen molar-refractivity contribution < 1.29 is 9.53 Å². The van der Waals surface area contributed by atoms with Gasteiger partial charge in [0.05, 0.1) is 10.7 Å². The Kier molecular flexibility index (Phi) is 6.72. The molecule has 4 rings (SSSR count). The number of carbonyl (C=O) groups is 1. The Morgan fingerprint density at radius 1 is 1.12 bits per heavy atom. The Balaban J connectivity index is 1.43. The smallest absolute Gasteiger partial charge is 0.277 e. The van der Waals surface area contributed by atoms with Crippen molar-refractivity contribution in [3.8, 4) is 11.4 Å². The fourth-order valence-electron chi connectivity index (χ4n) is 3.52. The van der Waals surface area contributed by atoms with Gasteiger partial charge in [0.1, 0.15) is 5.52 Å². The molecule has 8 heteroatoms. The number of hydrogen-bond donors (Lipinski definition) is 1. The third-order valence-corrected chi connectivity index (χ3v) is 6.22. The Morgan fingerprint density at radius 3 is 2.69 bits per heavy atom. The van der Waals surface area contributed by atoms with Crippen LogP contribution in [0.3, 0.4) is 0 Å². The van der Waals surface area contributed by atoms with Gasteiger partial charge in [-0.05, 0) is 60.1 Å². The van der Waals surface area contributed by atoms with Gasteiger partial charge in [0, 0.05) is 38.7 Å². The minimum absolute atomic E-state index is 0.188. The van der Waals surface area contributed by atoms with E-state index in [4.69, 9.17) is 4.74 Å². The fraction of sp³-hybridized carbons (Fsp3) is 0.125. The molecule has 0 saturated carbocycles. The van der Waals surface area contributed by atoms with E-state index in [1.807, 2.05) is 56.3 Å². The Bertz CT molecular complexity index is 1320. The van der Waals surface area contributed by atoms with Gasteiger partial charge in [0.25, 0.3) is 5.91 Å². The van der Waals surface area contributed by atoms with E-state index in [1.54, 1.807) is 12.4 Å². The van der Waals surface area contributed by atoms with Crippen molar-refractivity contribution >= 4 is 54.9 Å². The molecule has 1 N–H and O–H groups in total. The molecule has 0 aliphatic heterocycles. The number of rotatable bonds is 6. The molecule has 0 atom stereocenters. The first kappa shape index (κ1) is 22.2. The average Bonchev–Trinajstić information content (AvgIpc) is 3.07.